The molecule has 0 aromatic heterocycles. The Morgan fingerprint density at radius 2 is 1.94 bits per heavy atom. The quantitative estimate of drug-likeness (QED) is 0.893. The molecule has 1 N–H and O–H groups in total. The SMILES string of the molecule is COc1ccc(C2NCCC(C)S(=O)C2C)cc1. The van der Waals surface area contributed by atoms with Gasteiger partial charge in [0.25, 0.3) is 0 Å². The summed E-state index contributed by atoms with van der Waals surface area (Å²) in [5.74, 6) is 0.856. The standard InChI is InChI=1S/C14H21NO2S/c1-10-8-9-15-14(11(2)18(10)16)12-4-6-13(17-3)7-5-12/h4-7,10-11,14-15H,8-9H2,1-3H3. The second-order valence-electron chi connectivity index (χ2n) is 4.84. The van der Waals surface area contributed by atoms with Gasteiger partial charge in [-0.15, -0.1) is 0 Å². The number of nitrogens with one attached hydrogen (secondary N) is 1. The van der Waals surface area contributed by atoms with Gasteiger partial charge in [0.2, 0.25) is 0 Å². The van der Waals surface area contributed by atoms with Crippen LogP contribution >= 0.6 is 0 Å². The van der Waals surface area contributed by atoms with Crippen molar-refractivity contribution in [3.8, 4) is 5.75 Å². The van der Waals surface area contributed by atoms with Crippen molar-refractivity contribution in [1.29, 1.82) is 0 Å². The summed E-state index contributed by atoms with van der Waals surface area (Å²) in [6.07, 6.45) is 0.976. The van der Waals surface area contributed by atoms with Gasteiger partial charge in [-0.25, -0.2) is 0 Å². The van der Waals surface area contributed by atoms with Crippen LogP contribution in [-0.4, -0.2) is 28.4 Å². The molecule has 3 nitrogen and oxygen atoms in total. The van der Waals surface area contributed by atoms with Crippen molar-refractivity contribution in [3.63, 3.8) is 0 Å². The second-order valence-corrected chi connectivity index (χ2v) is 7.04. The highest BCUT2D eigenvalue weighted by Gasteiger charge is 2.30. The summed E-state index contributed by atoms with van der Waals surface area (Å²) >= 11 is 0. The van der Waals surface area contributed by atoms with E-state index in [0.29, 0.717) is 0 Å². The van der Waals surface area contributed by atoms with Crippen molar-refractivity contribution in [2.45, 2.75) is 36.8 Å². The highest BCUT2D eigenvalue weighted by atomic mass is 32.2. The predicted octanol–water partition coefficient (Wildman–Crippen LogP) is 2.26. The first kappa shape index (κ1) is 13.6. The van der Waals surface area contributed by atoms with E-state index in [-0.39, 0.29) is 16.5 Å². The minimum atomic E-state index is -0.779. The number of benzene rings is 1. The molecule has 2 rings (SSSR count). The first-order valence-corrected chi connectivity index (χ1v) is 7.68. The van der Waals surface area contributed by atoms with E-state index in [1.807, 2.05) is 12.1 Å². The Hall–Kier alpha value is -0.870. The normalized spacial score (nSPS) is 32.8. The number of rotatable bonds is 2. The molecule has 0 aliphatic carbocycles. The fourth-order valence-electron chi connectivity index (χ4n) is 2.42. The Bertz CT molecular complexity index is 418. The maximum absolute atomic E-state index is 12.3. The number of methoxy groups -OCH3 is 1. The molecule has 1 aliphatic heterocycles. The molecule has 0 bridgehead atoms. The highest BCUT2D eigenvalue weighted by Crippen LogP contribution is 2.27. The van der Waals surface area contributed by atoms with E-state index in [1.54, 1.807) is 7.11 Å². The minimum absolute atomic E-state index is 0.135. The molecule has 0 amide bonds. The van der Waals surface area contributed by atoms with Gasteiger partial charge in [0.1, 0.15) is 5.75 Å². The molecule has 100 valence electrons. The molecule has 1 aromatic rings. The molecule has 4 atom stereocenters. The Kier molecular flexibility index (Phi) is 4.40. The summed E-state index contributed by atoms with van der Waals surface area (Å²) < 4.78 is 17.5. The van der Waals surface area contributed by atoms with Gasteiger partial charge in [-0.2, -0.15) is 0 Å². The average Bonchev–Trinajstić information content (AvgIpc) is 2.53. The Balaban J connectivity index is 2.22. The van der Waals surface area contributed by atoms with Crippen LogP contribution in [0.4, 0.5) is 0 Å². The van der Waals surface area contributed by atoms with E-state index < -0.39 is 10.8 Å². The van der Waals surface area contributed by atoms with Crippen molar-refractivity contribution < 1.29 is 8.95 Å². The van der Waals surface area contributed by atoms with Crippen LogP contribution < -0.4 is 10.1 Å². The summed E-state index contributed by atoms with van der Waals surface area (Å²) in [6, 6.07) is 8.20. The first-order chi connectivity index (χ1) is 8.63. The molecular formula is C14H21NO2S. The number of hydrogen-bond donors (Lipinski definition) is 1. The van der Waals surface area contributed by atoms with Crippen molar-refractivity contribution in [2.24, 2.45) is 0 Å². The summed E-state index contributed by atoms with van der Waals surface area (Å²) in [5, 5.41) is 3.92. The average molecular weight is 267 g/mol. The Morgan fingerprint density at radius 1 is 1.28 bits per heavy atom. The maximum atomic E-state index is 12.3. The summed E-state index contributed by atoms with van der Waals surface area (Å²) in [6.45, 7) is 5.07. The Morgan fingerprint density at radius 3 is 2.56 bits per heavy atom. The molecule has 0 spiro atoms. The van der Waals surface area contributed by atoms with E-state index in [2.05, 4.69) is 31.3 Å². The number of ether oxygens (including phenoxy) is 1. The van der Waals surface area contributed by atoms with Crippen LogP contribution in [0.1, 0.15) is 31.9 Å². The summed E-state index contributed by atoms with van der Waals surface area (Å²) in [5.41, 5.74) is 1.19. The monoisotopic (exact) mass is 267 g/mol. The second kappa shape index (κ2) is 5.85. The lowest BCUT2D eigenvalue weighted by molar-refractivity contribution is 0.414. The van der Waals surface area contributed by atoms with E-state index in [9.17, 15) is 4.21 Å². The van der Waals surface area contributed by atoms with Gasteiger partial charge in [-0.05, 0) is 37.6 Å². The molecule has 1 fully saturated rings. The molecule has 1 heterocycles. The van der Waals surface area contributed by atoms with Crippen LogP contribution in [0.25, 0.3) is 0 Å². The number of hydrogen-bond acceptors (Lipinski definition) is 3. The van der Waals surface area contributed by atoms with Crippen molar-refractivity contribution in [3.05, 3.63) is 29.8 Å². The van der Waals surface area contributed by atoms with Crippen molar-refractivity contribution >= 4 is 10.8 Å². The van der Waals surface area contributed by atoms with E-state index >= 15 is 0 Å². The van der Waals surface area contributed by atoms with Crippen LogP contribution in [0.15, 0.2) is 24.3 Å². The summed E-state index contributed by atoms with van der Waals surface area (Å²) in [7, 11) is 0.886. The summed E-state index contributed by atoms with van der Waals surface area (Å²) in [4.78, 5) is 0. The zero-order valence-corrected chi connectivity index (χ0v) is 12.0. The van der Waals surface area contributed by atoms with Crippen LogP contribution in [-0.2, 0) is 10.8 Å². The van der Waals surface area contributed by atoms with Gasteiger partial charge < -0.3 is 10.1 Å². The molecule has 18 heavy (non-hydrogen) atoms. The topological polar surface area (TPSA) is 38.3 Å². The maximum Gasteiger partial charge on any atom is 0.118 e. The molecule has 0 saturated carbocycles. The fraction of sp³-hybridized carbons (Fsp3) is 0.571. The Labute approximate surface area is 111 Å². The van der Waals surface area contributed by atoms with Crippen LogP contribution in [0, 0.1) is 0 Å². The highest BCUT2D eigenvalue weighted by molar-refractivity contribution is 7.86. The molecule has 4 unspecified atom stereocenters. The van der Waals surface area contributed by atoms with Gasteiger partial charge in [-0.1, -0.05) is 19.1 Å². The van der Waals surface area contributed by atoms with E-state index in [0.717, 1.165) is 18.7 Å². The molecule has 0 radical (unpaired) electrons. The smallest absolute Gasteiger partial charge is 0.118 e. The molecule has 4 heteroatoms. The predicted molar refractivity (Wildman–Crippen MR) is 75.4 cm³/mol. The van der Waals surface area contributed by atoms with Gasteiger partial charge in [0, 0.05) is 22.1 Å². The molecule has 1 aliphatic rings. The van der Waals surface area contributed by atoms with Gasteiger partial charge in [0.05, 0.1) is 12.4 Å². The van der Waals surface area contributed by atoms with Crippen LogP contribution in [0.5, 0.6) is 5.75 Å². The largest absolute Gasteiger partial charge is 0.497 e. The minimum Gasteiger partial charge on any atom is -0.497 e. The lowest BCUT2D eigenvalue weighted by Crippen LogP contribution is -2.31. The van der Waals surface area contributed by atoms with Gasteiger partial charge in [0.15, 0.2) is 0 Å². The third-order valence-electron chi connectivity index (χ3n) is 3.62. The zero-order chi connectivity index (χ0) is 13.1. The van der Waals surface area contributed by atoms with Crippen LogP contribution in [0.3, 0.4) is 0 Å². The lowest BCUT2D eigenvalue weighted by Gasteiger charge is -2.23. The third kappa shape index (κ3) is 2.75. The fourth-order valence-corrected chi connectivity index (χ4v) is 4.03. The van der Waals surface area contributed by atoms with Crippen LogP contribution in [0.2, 0.25) is 0 Å². The van der Waals surface area contributed by atoms with Crippen molar-refractivity contribution in [2.75, 3.05) is 13.7 Å². The molecule has 1 saturated heterocycles. The zero-order valence-electron chi connectivity index (χ0n) is 11.2. The lowest BCUT2D eigenvalue weighted by atomic mass is 10.0. The van der Waals surface area contributed by atoms with Gasteiger partial charge >= 0.3 is 0 Å². The third-order valence-corrected chi connectivity index (χ3v) is 5.66. The van der Waals surface area contributed by atoms with E-state index in [4.69, 9.17) is 4.74 Å². The first-order valence-electron chi connectivity index (χ1n) is 6.40. The van der Waals surface area contributed by atoms with Gasteiger partial charge in [-0.3, -0.25) is 4.21 Å². The molecule has 1 aromatic carbocycles. The molecular weight excluding hydrogens is 246 g/mol. The van der Waals surface area contributed by atoms with E-state index in [1.165, 1.54) is 5.56 Å². The van der Waals surface area contributed by atoms with Crippen molar-refractivity contribution in [1.82, 2.24) is 5.32 Å².